The summed E-state index contributed by atoms with van der Waals surface area (Å²) in [5, 5.41) is 4.41. The van der Waals surface area contributed by atoms with Gasteiger partial charge in [-0.1, -0.05) is 23.5 Å². The highest BCUT2D eigenvalue weighted by Gasteiger charge is 2.16. The first-order valence-electron chi connectivity index (χ1n) is 9.93. The molecule has 0 aliphatic heterocycles. The van der Waals surface area contributed by atoms with Crippen LogP contribution >= 0.6 is 11.3 Å². The standard InChI is InChI=1S/C23H23N3O6S/c1-28-15-8-6-7-14(20(15)31-4)12-18-22(27)26-23(33-18)24-19(25-26)11-13-9-16(29-2)21(32-5)17(10-13)30-3/h6-10,12H,11H2,1-5H3/b18-12-. The lowest BCUT2D eigenvalue weighted by Crippen LogP contribution is -2.24. The lowest BCUT2D eigenvalue weighted by molar-refractivity contribution is 0.324. The Morgan fingerprint density at radius 1 is 0.909 bits per heavy atom. The van der Waals surface area contributed by atoms with Crippen molar-refractivity contribution in [3.05, 3.63) is 62.2 Å². The van der Waals surface area contributed by atoms with Crippen LogP contribution in [0.25, 0.3) is 11.0 Å². The maximum Gasteiger partial charge on any atom is 0.291 e. The smallest absolute Gasteiger partial charge is 0.291 e. The minimum atomic E-state index is -0.247. The van der Waals surface area contributed by atoms with Gasteiger partial charge in [-0.15, -0.1) is 5.10 Å². The summed E-state index contributed by atoms with van der Waals surface area (Å²) < 4.78 is 28.8. The highest BCUT2D eigenvalue weighted by Crippen LogP contribution is 2.38. The highest BCUT2D eigenvalue weighted by atomic mass is 32.1. The molecule has 0 aliphatic rings. The van der Waals surface area contributed by atoms with E-state index in [0.29, 0.717) is 50.5 Å². The number of nitrogens with zero attached hydrogens (tertiary/aromatic N) is 3. The van der Waals surface area contributed by atoms with E-state index in [1.165, 1.54) is 15.9 Å². The molecule has 0 unspecified atom stereocenters. The van der Waals surface area contributed by atoms with Crippen molar-refractivity contribution >= 4 is 22.4 Å². The summed E-state index contributed by atoms with van der Waals surface area (Å²) in [4.78, 5) is 18.0. The molecular weight excluding hydrogens is 446 g/mol. The predicted octanol–water partition coefficient (Wildman–Crippen LogP) is 2.33. The number of benzene rings is 2. The molecule has 0 saturated heterocycles. The Labute approximate surface area is 193 Å². The molecule has 0 radical (unpaired) electrons. The van der Waals surface area contributed by atoms with Crippen molar-refractivity contribution in [3.8, 4) is 28.7 Å². The first-order valence-corrected chi connectivity index (χ1v) is 10.7. The molecule has 4 rings (SSSR count). The second kappa shape index (κ2) is 9.37. The molecular formula is C23H23N3O6S. The molecule has 33 heavy (non-hydrogen) atoms. The zero-order valence-electron chi connectivity index (χ0n) is 18.9. The molecule has 4 aromatic rings. The maximum atomic E-state index is 12.9. The molecule has 0 saturated carbocycles. The van der Waals surface area contributed by atoms with Crippen molar-refractivity contribution in [2.45, 2.75) is 6.42 Å². The number of methoxy groups -OCH3 is 5. The third-order valence-electron chi connectivity index (χ3n) is 5.03. The molecule has 0 N–H and O–H groups in total. The summed E-state index contributed by atoms with van der Waals surface area (Å²) >= 11 is 1.26. The molecule has 0 fully saturated rings. The van der Waals surface area contributed by atoms with Crippen LogP contribution in [0.4, 0.5) is 0 Å². The van der Waals surface area contributed by atoms with Crippen molar-refractivity contribution in [2.24, 2.45) is 0 Å². The monoisotopic (exact) mass is 469 g/mol. The third kappa shape index (κ3) is 4.17. The van der Waals surface area contributed by atoms with Gasteiger partial charge in [0.05, 0.1) is 40.1 Å². The lowest BCUT2D eigenvalue weighted by Gasteiger charge is -2.13. The molecule has 2 heterocycles. The second-order valence-electron chi connectivity index (χ2n) is 6.93. The Bertz CT molecular complexity index is 1390. The van der Waals surface area contributed by atoms with Crippen LogP contribution in [0.15, 0.2) is 35.1 Å². The average Bonchev–Trinajstić information content (AvgIpc) is 3.35. The molecule has 0 amide bonds. The quantitative estimate of drug-likeness (QED) is 0.388. The summed E-state index contributed by atoms with van der Waals surface area (Å²) in [6, 6.07) is 9.16. The lowest BCUT2D eigenvalue weighted by atomic mass is 10.1. The molecule has 0 atom stereocenters. The van der Waals surface area contributed by atoms with E-state index in [4.69, 9.17) is 23.7 Å². The summed E-state index contributed by atoms with van der Waals surface area (Å²) in [5.74, 6) is 3.26. The Balaban J connectivity index is 1.70. The van der Waals surface area contributed by atoms with Gasteiger partial charge in [-0.3, -0.25) is 4.79 Å². The van der Waals surface area contributed by atoms with Crippen molar-refractivity contribution in [1.82, 2.24) is 14.6 Å². The fourth-order valence-corrected chi connectivity index (χ4v) is 4.45. The van der Waals surface area contributed by atoms with Crippen LogP contribution in [0.2, 0.25) is 0 Å². The fraction of sp³-hybridized carbons (Fsp3) is 0.261. The maximum absolute atomic E-state index is 12.9. The summed E-state index contributed by atoms with van der Waals surface area (Å²) in [5.41, 5.74) is 1.35. The Hall–Kier alpha value is -3.79. The van der Waals surface area contributed by atoms with Crippen molar-refractivity contribution in [1.29, 1.82) is 0 Å². The van der Waals surface area contributed by atoms with Gasteiger partial charge in [-0.2, -0.15) is 4.52 Å². The Kier molecular flexibility index (Phi) is 6.36. The number of rotatable bonds is 8. The first-order chi connectivity index (χ1) is 16.0. The predicted molar refractivity (Wildman–Crippen MR) is 124 cm³/mol. The van der Waals surface area contributed by atoms with Crippen LogP contribution in [0.5, 0.6) is 28.7 Å². The molecule has 9 nitrogen and oxygen atoms in total. The highest BCUT2D eigenvalue weighted by molar-refractivity contribution is 7.15. The van der Waals surface area contributed by atoms with Crippen LogP contribution in [0.3, 0.4) is 0 Å². The fourth-order valence-electron chi connectivity index (χ4n) is 3.54. The Morgan fingerprint density at radius 3 is 2.15 bits per heavy atom. The van der Waals surface area contributed by atoms with Crippen molar-refractivity contribution in [2.75, 3.05) is 35.5 Å². The van der Waals surface area contributed by atoms with Crippen LogP contribution in [0.1, 0.15) is 17.0 Å². The topological polar surface area (TPSA) is 93.4 Å². The van der Waals surface area contributed by atoms with E-state index < -0.39 is 0 Å². The van der Waals surface area contributed by atoms with Gasteiger partial charge >= 0.3 is 0 Å². The van der Waals surface area contributed by atoms with E-state index in [-0.39, 0.29) is 5.56 Å². The van der Waals surface area contributed by atoms with Crippen LogP contribution in [-0.4, -0.2) is 50.1 Å². The number of thiazole rings is 1. The molecule has 2 aromatic heterocycles. The average molecular weight is 470 g/mol. The van der Waals surface area contributed by atoms with Gasteiger partial charge < -0.3 is 23.7 Å². The number of hydrogen-bond donors (Lipinski definition) is 0. The van der Waals surface area contributed by atoms with E-state index in [9.17, 15) is 4.79 Å². The van der Waals surface area contributed by atoms with E-state index in [0.717, 1.165) is 11.1 Å². The number of para-hydroxylation sites is 1. The second-order valence-corrected chi connectivity index (χ2v) is 7.94. The minimum absolute atomic E-state index is 0.247. The SMILES string of the molecule is COc1cccc(/C=c2\sc3nc(Cc4cc(OC)c(OC)c(OC)c4)nn3c2=O)c1OC. The third-order valence-corrected chi connectivity index (χ3v) is 5.99. The molecule has 0 spiro atoms. The van der Waals surface area contributed by atoms with E-state index in [1.54, 1.807) is 47.7 Å². The van der Waals surface area contributed by atoms with Crippen LogP contribution in [-0.2, 0) is 6.42 Å². The number of fused-ring (bicyclic) bond motifs is 1. The van der Waals surface area contributed by atoms with Gasteiger partial charge in [-0.25, -0.2) is 4.98 Å². The Morgan fingerprint density at radius 2 is 1.58 bits per heavy atom. The number of hydrogen-bond acceptors (Lipinski definition) is 9. The minimum Gasteiger partial charge on any atom is -0.493 e. The molecule has 172 valence electrons. The van der Waals surface area contributed by atoms with Gasteiger partial charge in [0.15, 0.2) is 28.8 Å². The molecule has 10 heteroatoms. The van der Waals surface area contributed by atoms with Gasteiger partial charge in [0.2, 0.25) is 10.7 Å². The van der Waals surface area contributed by atoms with Gasteiger partial charge in [0.1, 0.15) is 0 Å². The number of aromatic nitrogens is 3. The first kappa shape index (κ1) is 22.4. The van der Waals surface area contributed by atoms with E-state index >= 15 is 0 Å². The summed E-state index contributed by atoms with van der Waals surface area (Å²) in [6.07, 6.45) is 2.15. The van der Waals surface area contributed by atoms with Crippen molar-refractivity contribution < 1.29 is 23.7 Å². The number of ether oxygens (including phenoxy) is 5. The van der Waals surface area contributed by atoms with E-state index in [1.807, 2.05) is 24.3 Å². The normalized spacial score (nSPS) is 11.6. The van der Waals surface area contributed by atoms with Crippen molar-refractivity contribution in [3.63, 3.8) is 0 Å². The van der Waals surface area contributed by atoms with Gasteiger partial charge in [0, 0.05) is 12.0 Å². The van der Waals surface area contributed by atoms with Crippen LogP contribution < -0.4 is 33.8 Å². The zero-order chi connectivity index (χ0) is 23.5. The zero-order valence-corrected chi connectivity index (χ0v) is 19.7. The molecule has 2 aromatic carbocycles. The van der Waals surface area contributed by atoms with Gasteiger partial charge in [0.25, 0.3) is 5.56 Å². The molecule has 0 aliphatic carbocycles. The largest absolute Gasteiger partial charge is 0.493 e. The van der Waals surface area contributed by atoms with Gasteiger partial charge in [-0.05, 0) is 29.8 Å². The summed E-state index contributed by atoms with van der Waals surface area (Å²) in [6.45, 7) is 0. The van der Waals surface area contributed by atoms with Crippen LogP contribution in [0, 0.1) is 0 Å². The summed E-state index contributed by atoms with van der Waals surface area (Å²) in [7, 11) is 7.80. The van der Waals surface area contributed by atoms with E-state index in [2.05, 4.69) is 10.1 Å². The molecule has 0 bridgehead atoms.